The molecule has 2 aliphatic rings. The van der Waals surface area contributed by atoms with Crippen molar-refractivity contribution in [3.63, 3.8) is 0 Å². The summed E-state index contributed by atoms with van der Waals surface area (Å²) in [5.74, 6) is 1.23. The summed E-state index contributed by atoms with van der Waals surface area (Å²) in [5, 5.41) is 0. The van der Waals surface area contributed by atoms with Gasteiger partial charge in [0, 0.05) is 5.92 Å². The third kappa shape index (κ3) is 4.34. The fraction of sp³-hybridized carbons (Fsp3) is 0.650. The summed E-state index contributed by atoms with van der Waals surface area (Å²) >= 11 is 0. The van der Waals surface area contributed by atoms with E-state index in [4.69, 9.17) is 4.74 Å². The van der Waals surface area contributed by atoms with E-state index >= 15 is 0 Å². The molecule has 0 aromatic carbocycles. The fourth-order valence-electron chi connectivity index (χ4n) is 3.63. The van der Waals surface area contributed by atoms with Crippen LogP contribution >= 0.6 is 0 Å². The lowest BCUT2D eigenvalue weighted by Crippen LogP contribution is -2.40. The van der Waals surface area contributed by atoms with Crippen LogP contribution in [0.25, 0.3) is 0 Å². The van der Waals surface area contributed by atoms with E-state index in [1.165, 1.54) is 11.1 Å². The van der Waals surface area contributed by atoms with Crippen LogP contribution in [-0.4, -0.2) is 12.6 Å². The van der Waals surface area contributed by atoms with Crippen LogP contribution in [0.1, 0.15) is 52.9 Å². The summed E-state index contributed by atoms with van der Waals surface area (Å²) in [7, 11) is 0. The van der Waals surface area contributed by atoms with Crippen molar-refractivity contribution in [1.82, 2.24) is 0 Å². The minimum absolute atomic E-state index is 0.00333. The molecule has 0 bridgehead atoms. The highest BCUT2D eigenvalue weighted by molar-refractivity contribution is 5.74. The number of allylic oxidation sites excluding steroid dienone is 4. The first-order chi connectivity index (χ1) is 10.5. The number of cyclic esters (lactones) is 1. The number of carbonyl (C=O) groups is 1. The number of hydrogen-bond acceptors (Lipinski definition) is 2. The van der Waals surface area contributed by atoms with E-state index in [1.807, 2.05) is 0 Å². The number of rotatable bonds is 3. The quantitative estimate of drug-likeness (QED) is 0.537. The van der Waals surface area contributed by atoms with Crippen LogP contribution in [0.3, 0.4) is 0 Å². The molecule has 1 fully saturated rings. The van der Waals surface area contributed by atoms with Gasteiger partial charge in [-0.2, -0.15) is 0 Å². The third-order valence-corrected chi connectivity index (χ3v) is 5.01. The Kier molecular flexibility index (Phi) is 6.05. The van der Waals surface area contributed by atoms with Gasteiger partial charge in [-0.3, -0.25) is 4.79 Å². The van der Waals surface area contributed by atoms with E-state index < -0.39 is 0 Å². The van der Waals surface area contributed by atoms with E-state index in [-0.39, 0.29) is 11.9 Å². The second kappa shape index (κ2) is 7.80. The number of carbonyl (C=O) groups excluding carboxylic acids is 1. The van der Waals surface area contributed by atoms with Gasteiger partial charge in [0.1, 0.15) is 0 Å². The number of ether oxygens (including phenoxy) is 1. The van der Waals surface area contributed by atoms with Gasteiger partial charge in [0.25, 0.3) is 0 Å². The molecular weight excluding hydrogens is 272 g/mol. The normalized spacial score (nSPS) is 32.7. The summed E-state index contributed by atoms with van der Waals surface area (Å²) < 4.78 is 5.50. The van der Waals surface area contributed by atoms with Gasteiger partial charge in [-0.05, 0) is 50.9 Å². The Morgan fingerprint density at radius 1 is 1.41 bits per heavy atom. The van der Waals surface area contributed by atoms with Gasteiger partial charge in [-0.15, -0.1) is 0 Å². The number of hydrogen-bond donors (Lipinski definition) is 0. The van der Waals surface area contributed by atoms with Gasteiger partial charge in [0.15, 0.2) is 0 Å². The van der Waals surface area contributed by atoms with E-state index in [1.54, 1.807) is 0 Å². The molecule has 0 spiro atoms. The summed E-state index contributed by atoms with van der Waals surface area (Å²) in [6.07, 6.45) is 11.7. The lowest BCUT2D eigenvalue weighted by atomic mass is 9.72. The van der Waals surface area contributed by atoms with Gasteiger partial charge >= 0.3 is 5.97 Å². The lowest BCUT2D eigenvalue weighted by Gasteiger charge is -2.37. The zero-order valence-corrected chi connectivity index (χ0v) is 14.3. The maximum Gasteiger partial charge on any atom is 0.309 e. The Balaban J connectivity index is 2.17. The highest BCUT2D eigenvalue weighted by Crippen LogP contribution is 2.40. The molecule has 0 aromatic rings. The van der Waals surface area contributed by atoms with Crippen molar-refractivity contribution in [1.29, 1.82) is 0 Å². The van der Waals surface area contributed by atoms with Crippen LogP contribution in [-0.2, 0) is 9.53 Å². The van der Waals surface area contributed by atoms with Crippen molar-refractivity contribution in [2.45, 2.75) is 52.9 Å². The lowest BCUT2D eigenvalue weighted by molar-refractivity contribution is -0.160. The molecule has 2 heteroatoms. The van der Waals surface area contributed by atoms with Crippen molar-refractivity contribution in [2.75, 3.05) is 6.61 Å². The van der Waals surface area contributed by atoms with Crippen molar-refractivity contribution >= 4 is 5.97 Å². The van der Waals surface area contributed by atoms with Gasteiger partial charge in [0.05, 0.1) is 12.5 Å². The van der Waals surface area contributed by atoms with Gasteiger partial charge < -0.3 is 4.74 Å². The molecule has 22 heavy (non-hydrogen) atoms. The smallest absolute Gasteiger partial charge is 0.309 e. The molecule has 1 heterocycles. The second-order valence-corrected chi connectivity index (χ2v) is 7.20. The molecule has 0 saturated carbocycles. The molecule has 2 nitrogen and oxygen atoms in total. The average Bonchev–Trinajstić information content (AvgIpc) is 2.52. The van der Waals surface area contributed by atoms with Crippen molar-refractivity contribution in [2.24, 2.45) is 23.7 Å². The van der Waals surface area contributed by atoms with Crippen LogP contribution in [0.4, 0.5) is 0 Å². The van der Waals surface area contributed by atoms with Crippen molar-refractivity contribution in [3.05, 3.63) is 36.0 Å². The molecule has 0 aromatic heterocycles. The monoisotopic (exact) mass is 302 g/mol. The van der Waals surface area contributed by atoms with E-state index in [0.717, 1.165) is 32.1 Å². The molecule has 1 aliphatic heterocycles. The molecule has 0 N–H and O–H groups in total. The molecular formula is C20H30O2. The summed E-state index contributed by atoms with van der Waals surface area (Å²) in [4.78, 5) is 12.3. The minimum atomic E-state index is -0.0108. The first-order valence-corrected chi connectivity index (χ1v) is 8.65. The first-order valence-electron chi connectivity index (χ1n) is 8.65. The van der Waals surface area contributed by atoms with Gasteiger partial charge in [-0.25, -0.2) is 0 Å². The molecule has 1 aliphatic carbocycles. The molecule has 0 unspecified atom stereocenters. The molecule has 122 valence electrons. The Morgan fingerprint density at radius 2 is 2.18 bits per heavy atom. The molecule has 0 amide bonds. The van der Waals surface area contributed by atoms with Crippen LogP contribution in [0.5, 0.6) is 0 Å². The minimum Gasteiger partial charge on any atom is -0.465 e. The Bertz CT molecular complexity index is 470. The predicted molar refractivity (Wildman–Crippen MR) is 91.4 cm³/mol. The topological polar surface area (TPSA) is 26.3 Å². The Hall–Kier alpha value is -1.31. The molecule has 0 radical (unpaired) electrons. The van der Waals surface area contributed by atoms with Crippen molar-refractivity contribution < 1.29 is 9.53 Å². The van der Waals surface area contributed by atoms with E-state index in [2.05, 4.69) is 45.6 Å². The highest BCUT2D eigenvalue weighted by Gasteiger charge is 2.40. The average molecular weight is 302 g/mol. The Labute approximate surface area is 135 Å². The predicted octanol–water partition coefficient (Wildman–Crippen LogP) is 5.07. The summed E-state index contributed by atoms with van der Waals surface area (Å²) in [6.45, 7) is 11.4. The largest absolute Gasteiger partial charge is 0.465 e. The maximum atomic E-state index is 12.3. The van der Waals surface area contributed by atoms with Gasteiger partial charge in [-0.1, -0.05) is 49.8 Å². The fourth-order valence-corrected chi connectivity index (χ4v) is 3.63. The zero-order valence-electron chi connectivity index (χ0n) is 14.3. The number of esters is 1. The highest BCUT2D eigenvalue weighted by atomic mass is 16.5. The molecule has 1 saturated heterocycles. The Morgan fingerprint density at radius 3 is 2.91 bits per heavy atom. The van der Waals surface area contributed by atoms with E-state index in [9.17, 15) is 4.79 Å². The van der Waals surface area contributed by atoms with Crippen molar-refractivity contribution in [3.8, 4) is 0 Å². The zero-order chi connectivity index (χ0) is 16.1. The molecule has 2 rings (SSSR count). The summed E-state index contributed by atoms with van der Waals surface area (Å²) in [5.41, 5.74) is 2.71. The summed E-state index contributed by atoms with van der Waals surface area (Å²) in [6, 6.07) is 0. The SMILES string of the molecule is C=C1CC/C=C(\C)CC[C@H]2[C@H]1COC(=O)[C@@H]2C/C=C/C(C)C. The molecule has 3 atom stereocenters. The van der Waals surface area contributed by atoms with Crippen LogP contribution in [0.15, 0.2) is 36.0 Å². The van der Waals surface area contributed by atoms with E-state index in [0.29, 0.717) is 24.4 Å². The standard InChI is InChI=1S/C20H30O2/c1-14(2)7-5-10-18-17-12-11-15(3)8-6-9-16(4)19(17)13-22-20(18)21/h5,7-8,14,17-19H,4,6,9-13H2,1-3H3/b7-5+,15-8+/t17-,18-,19+/m1/s1. The third-order valence-electron chi connectivity index (χ3n) is 5.01. The first kappa shape index (κ1) is 17.1. The van der Waals surface area contributed by atoms with Crippen LogP contribution < -0.4 is 0 Å². The maximum absolute atomic E-state index is 12.3. The van der Waals surface area contributed by atoms with Crippen LogP contribution in [0.2, 0.25) is 0 Å². The number of fused-ring (bicyclic) bond motifs is 1. The second-order valence-electron chi connectivity index (χ2n) is 7.20. The van der Waals surface area contributed by atoms with Gasteiger partial charge in [0.2, 0.25) is 0 Å². The van der Waals surface area contributed by atoms with Crippen LogP contribution in [0, 0.1) is 23.7 Å².